The van der Waals surface area contributed by atoms with Gasteiger partial charge in [0.05, 0.1) is 13.0 Å². The lowest BCUT2D eigenvalue weighted by molar-refractivity contribution is -0.137. The molecular weight excluding hydrogens is 316 g/mol. The summed E-state index contributed by atoms with van der Waals surface area (Å²) < 4.78 is 5.53. The van der Waals surface area contributed by atoms with Gasteiger partial charge in [-0.3, -0.25) is 4.79 Å². The van der Waals surface area contributed by atoms with Crippen molar-refractivity contribution >= 4 is 5.97 Å². The predicted molar refractivity (Wildman–Crippen MR) is 97.8 cm³/mol. The van der Waals surface area contributed by atoms with E-state index in [9.17, 15) is 4.79 Å². The summed E-state index contributed by atoms with van der Waals surface area (Å²) in [5, 5.41) is 12.6. The summed E-state index contributed by atoms with van der Waals surface area (Å²) >= 11 is 0. The minimum Gasteiger partial charge on any atom is -0.481 e. The Kier molecular flexibility index (Phi) is 6.10. The van der Waals surface area contributed by atoms with Crippen molar-refractivity contribution in [1.29, 1.82) is 0 Å². The average Bonchev–Trinajstić information content (AvgIpc) is 3.40. The van der Waals surface area contributed by atoms with Gasteiger partial charge in [0, 0.05) is 37.6 Å². The van der Waals surface area contributed by atoms with E-state index in [-0.39, 0.29) is 11.8 Å². The van der Waals surface area contributed by atoms with Gasteiger partial charge in [-0.05, 0) is 37.9 Å². The molecule has 2 N–H and O–H groups in total. The molecule has 0 radical (unpaired) electrons. The highest BCUT2D eigenvalue weighted by Crippen LogP contribution is 2.41. The van der Waals surface area contributed by atoms with Gasteiger partial charge in [0.2, 0.25) is 0 Å². The van der Waals surface area contributed by atoms with Crippen LogP contribution in [0.15, 0.2) is 30.3 Å². The van der Waals surface area contributed by atoms with Crippen molar-refractivity contribution in [3.8, 4) is 0 Å². The zero-order valence-corrected chi connectivity index (χ0v) is 15.1. The predicted octanol–water partition coefficient (Wildman–Crippen LogP) is 2.34. The number of nitrogens with zero attached hydrogens (tertiary/aromatic N) is 1. The standard InChI is InChI=1S/C20H30N2O3/c1-25-15-20(8-11-22(12-9-20)10-7-19(23)24)14-21-18-13-17(18)16-5-3-2-4-6-16/h2-6,17-18,21H,7-15H2,1H3,(H,23,24)/t17?,18-/m1/s1. The maximum absolute atomic E-state index is 10.7. The molecule has 138 valence electrons. The quantitative estimate of drug-likeness (QED) is 0.719. The highest BCUT2D eigenvalue weighted by Gasteiger charge is 2.41. The molecule has 5 nitrogen and oxygen atoms in total. The van der Waals surface area contributed by atoms with E-state index in [4.69, 9.17) is 9.84 Å². The third-order valence-electron chi connectivity index (χ3n) is 5.77. The van der Waals surface area contributed by atoms with Gasteiger partial charge in [0.1, 0.15) is 0 Å². The summed E-state index contributed by atoms with van der Waals surface area (Å²) in [7, 11) is 1.78. The number of hydrogen-bond donors (Lipinski definition) is 2. The van der Waals surface area contributed by atoms with Crippen LogP contribution < -0.4 is 5.32 Å². The highest BCUT2D eigenvalue weighted by molar-refractivity contribution is 5.66. The van der Waals surface area contributed by atoms with Crippen molar-refractivity contribution in [3.63, 3.8) is 0 Å². The van der Waals surface area contributed by atoms with Crippen LogP contribution in [0.2, 0.25) is 0 Å². The van der Waals surface area contributed by atoms with E-state index >= 15 is 0 Å². The van der Waals surface area contributed by atoms with Gasteiger partial charge >= 0.3 is 5.97 Å². The number of hydrogen-bond acceptors (Lipinski definition) is 4. The fourth-order valence-electron chi connectivity index (χ4n) is 4.02. The van der Waals surface area contributed by atoms with Crippen LogP contribution in [0.5, 0.6) is 0 Å². The fraction of sp³-hybridized carbons (Fsp3) is 0.650. The van der Waals surface area contributed by atoms with Crippen LogP contribution in [-0.4, -0.2) is 61.9 Å². The Hall–Kier alpha value is -1.43. The number of methoxy groups -OCH3 is 1. The summed E-state index contributed by atoms with van der Waals surface area (Å²) in [5.41, 5.74) is 1.61. The molecule has 1 unspecified atom stereocenters. The first-order valence-corrected chi connectivity index (χ1v) is 9.33. The molecule has 0 spiro atoms. The molecule has 25 heavy (non-hydrogen) atoms. The Morgan fingerprint density at radius 1 is 1.32 bits per heavy atom. The van der Waals surface area contributed by atoms with E-state index < -0.39 is 5.97 Å². The first-order chi connectivity index (χ1) is 12.1. The van der Waals surface area contributed by atoms with Crippen LogP contribution in [0.25, 0.3) is 0 Å². The van der Waals surface area contributed by atoms with Crippen LogP contribution in [0.4, 0.5) is 0 Å². The zero-order valence-electron chi connectivity index (χ0n) is 15.1. The Labute approximate surface area is 150 Å². The lowest BCUT2D eigenvalue weighted by atomic mass is 9.78. The molecule has 1 heterocycles. The molecule has 2 aliphatic rings. The topological polar surface area (TPSA) is 61.8 Å². The van der Waals surface area contributed by atoms with Gasteiger partial charge in [-0.1, -0.05) is 30.3 Å². The molecule has 0 amide bonds. The fourth-order valence-corrected chi connectivity index (χ4v) is 4.02. The minimum absolute atomic E-state index is 0.179. The van der Waals surface area contributed by atoms with Crippen molar-refractivity contribution < 1.29 is 14.6 Å². The SMILES string of the molecule is COCC1(CN[C@@H]2CC2c2ccccc2)CCN(CCC(=O)O)CC1. The number of carboxylic acids is 1. The van der Waals surface area contributed by atoms with Crippen molar-refractivity contribution in [2.45, 2.75) is 37.6 Å². The molecule has 3 rings (SSSR count). The second-order valence-electron chi connectivity index (χ2n) is 7.66. The van der Waals surface area contributed by atoms with Crippen molar-refractivity contribution in [2.24, 2.45) is 5.41 Å². The summed E-state index contributed by atoms with van der Waals surface area (Å²) in [4.78, 5) is 13.0. The molecule has 1 saturated carbocycles. The molecule has 1 saturated heterocycles. The summed E-state index contributed by atoms with van der Waals surface area (Å²) in [6.07, 6.45) is 3.58. The summed E-state index contributed by atoms with van der Waals surface area (Å²) in [6.45, 7) is 4.35. The monoisotopic (exact) mass is 346 g/mol. The first-order valence-electron chi connectivity index (χ1n) is 9.33. The van der Waals surface area contributed by atoms with Gasteiger partial charge in [0.25, 0.3) is 0 Å². The molecule has 1 aromatic carbocycles. The van der Waals surface area contributed by atoms with Crippen molar-refractivity contribution in [2.75, 3.05) is 39.9 Å². The van der Waals surface area contributed by atoms with Crippen LogP contribution in [0, 0.1) is 5.41 Å². The van der Waals surface area contributed by atoms with Crippen molar-refractivity contribution in [1.82, 2.24) is 10.2 Å². The van der Waals surface area contributed by atoms with E-state index in [1.807, 2.05) is 0 Å². The largest absolute Gasteiger partial charge is 0.481 e. The molecular formula is C20H30N2O3. The normalized spacial score (nSPS) is 25.6. The number of carbonyl (C=O) groups is 1. The molecule has 1 aliphatic carbocycles. The molecule has 2 fully saturated rings. The van der Waals surface area contributed by atoms with E-state index in [0.717, 1.165) is 39.1 Å². The Morgan fingerprint density at radius 3 is 2.68 bits per heavy atom. The van der Waals surface area contributed by atoms with Gasteiger partial charge in [0.15, 0.2) is 0 Å². The van der Waals surface area contributed by atoms with Crippen LogP contribution in [-0.2, 0) is 9.53 Å². The van der Waals surface area contributed by atoms with Gasteiger partial charge in [-0.25, -0.2) is 0 Å². The maximum atomic E-state index is 10.7. The number of piperidine rings is 1. The molecule has 2 atom stereocenters. The van der Waals surface area contributed by atoms with Gasteiger partial charge < -0.3 is 20.1 Å². The lowest BCUT2D eigenvalue weighted by Gasteiger charge is -2.41. The third-order valence-corrected chi connectivity index (χ3v) is 5.77. The zero-order chi connectivity index (χ0) is 17.7. The van der Waals surface area contributed by atoms with Crippen LogP contribution in [0.1, 0.15) is 37.2 Å². The maximum Gasteiger partial charge on any atom is 0.304 e. The number of ether oxygens (including phenoxy) is 1. The highest BCUT2D eigenvalue weighted by atomic mass is 16.5. The summed E-state index contributed by atoms with van der Waals surface area (Å²) in [6, 6.07) is 11.3. The smallest absolute Gasteiger partial charge is 0.304 e. The molecule has 5 heteroatoms. The Bertz CT molecular complexity index is 555. The Morgan fingerprint density at radius 2 is 2.04 bits per heavy atom. The number of carboxylic acid groups (broad SMARTS) is 1. The number of rotatable bonds is 9. The second kappa shape index (κ2) is 8.30. The molecule has 1 aromatic rings. The summed E-state index contributed by atoms with van der Waals surface area (Å²) in [5.74, 6) is -0.0625. The number of likely N-dealkylation sites (tertiary alicyclic amines) is 1. The Balaban J connectivity index is 1.47. The van der Waals surface area contributed by atoms with Crippen LogP contribution >= 0.6 is 0 Å². The third kappa shape index (κ3) is 5.03. The van der Waals surface area contributed by atoms with Crippen LogP contribution in [0.3, 0.4) is 0 Å². The van der Waals surface area contributed by atoms with E-state index in [1.165, 1.54) is 12.0 Å². The van der Waals surface area contributed by atoms with E-state index in [1.54, 1.807) is 7.11 Å². The average molecular weight is 346 g/mol. The number of aliphatic carboxylic acids is 1. The van der Waals surface area contributed by atoms with E-state index in [2.05, 4.69) is 40.5 Å². The lowest BCUT2D eigenvalue weighted by Crippen LogP contribution is -2.48. The van der Waals surface area contributed by atoms with E-state index in [0.29, 0.717) is 18.5 Å². The first kappa shape index (κ1) is 18.4. The molecule has 1 aliphatic heterocycles. The number of nitrogens with one attached hydrogen (secondary N) is 1. The molecule has 0 aromatic heterocycles. The van der Waals surface area contributed by atoms with Gasteiger partial charge in [-0.2, -0.15) is 0 Å². The van der Waals surface area contributed by atoms with Crippen molar-refractivity contribution in [3.05, 3.63) is 35.9 Å². The molecule has 0 bridgehead atoms. The number of benzene rings is 1. The second-order valence-corrected chi connectivity index (χ2v) is 7.66. The van der Waals surface area contributed by atoms with Gasteiger partial charge in [-0.15, -0.1) is 0 Å². The minimum atomic E-state index is -0.712.